The first-order valence-electron chi connectivity index (χ1n) is 11.6. The Bertz CT molecular complexity index is 1020. The van der Waals surface area contributed by atoms with Crippen molar-refractivity contribution in [2.75, 3.05) is 18.0 Å². The highest BCUT2D eigenvalue weighted by Gasteiger charge is 2.46. The van der Waals surface area contributed by atoms with Crippen LogP contribution in [0.25, 0.3) is 0 Å². The molecule has 1 aromatic heterocycles. The maximum atomic E-state index is 13.1. The van der Waals surface area contributed by atoms with Crippen LogP contribution in [0.3, 0.4) is 0 Å². The molecular formula is C24H29ClN4O4. The second kappa shape index (κ2) is 9.44. The van der Waals surface area contributed by atoms with Gasteiger partial charge in [0.25, 0.3) is 5.91 Å². The van der Waals surface area contributed by atoms with Crippen LogP contribution in [0.15, 0.2) is 24.4 Å². The fourth-order valence-electron chi connectivity index (χ4n) is 4.78. The Morgan fingerprint density at radius 1 is 1.21 bits per heavy atom. The van der Waals surface area contributed by atoms with Crippen molar-refractivity contribution in [3.05, 3.63) is 46.1 Å². The van der Waals surface area contributed by atoms with E-state index in [4.69, 9.17) is 16.3 Å². The van der Waals surface area contributed by atoms with E-state index in [0.717, 1.165) is 43.3 Å². The Morgan fingerprint density at radius 3 is 2.67 bits per heavy atom. The third-order valence-electron chi connectivity index (χ3n) is 6.94. The summed E-state index contributed by atoms with van der Waals surface area (Å²) in [6, 6.07) is 5.36. The number of hydrogen-bond acceptors (Lipinski definition) is 7. The fourth-order valence-corrected chi connectivity index (χ4v) is 5.04. The Morgan fingerprint density at radius 2 is 1.97 bits per heavy atom. The molecule has 0 bridgehead atoms. The highest BCUT2D eigenvalue weighted by atomic mass is 35.5. The van der Waals surface area contributed by atoms with Crippen molar-refractivity contribution < 1.29 is 19.7 Å². The van der Waals surface area contributed by atoms with E-state index < -0.39 is 0 Å². The topological polar surface area (TPSA) is 108 Å². The molecule has 1 amide bonds. The maximum absolute atomic E-state index is 13.1. The molecule has 2 saturated carbocycles. The van der Waals surface area contributed by atoms with Crippen LogP contribution in [0.4, 0.5) is 5.95 Å². The molecule has 0 spiro atoms. The molecule has 3 fully saturated rings. The Balaban J connectivity index is 1.34. The van der Waals surface area contributed by atoms with Crippen LogP contribution in [0, 0.1) is 11.8 Å². The van der Waals surface area contributed by atoms with Crippen LogP contribution in [0.1, 0.15) is 53.6 Å². The molecule has 2 unspecified atom stereocenters. The van der Waals surface area contributed by atoms with Gasteiger partial charge in [0.2, 0.25) is 11.8 Å². The number of rotatable bonds is 7. The molecular weight excluding hydrogens is 444 g/mol. The summed E-state index contributed by atoms with van der Waals surface area (Å²) < 4.78 is 6.02. The van der Waals surface area contributed by atoms with Gasteiger partial charge in [-0.15, -0.1) is 0 Å². The average molecular weight is 473 g/mol. The predicted molar refractivity (Wildman–Crippen MR) is 123 cm³/mol. The number of carbonyl (C=O) groups is 1. The lowest BCUT2D eigenvalue weighted by atomic mass is 9.93. The van der Waals surface area contributed by atoms with Gasteiger partial charge in [-0.2, -0.15) is 4.98 Å². The molecule has 2 aliphatic carbocycles. The van der Waals surface area contributed by atoms with Gasteiger partial charge in [0.1, 0.15) is 12.2 Å². The summed E-state index contributed by atoms with van der Waals surface area (Å²) in [6.07, 6.45) is 5.41. The van der Waals surface area contributed by atoms with Gasteiger partial charge in [0.05, 0.1) is 12.7 Å². The molecule has 2 atom stereocenters. The minimum absolute atomic E-state index is 0.0175. The van der Waals surface area contributed by atoms with E-state index >= 15 is 0 Å². The van der Waals surface area contributed by atoms with Gasteiger partial charge in [-0.3, -0.25) is 4.79 Å². The van der Waals surface area contributed by atoms with Crippen LogP contribution in [0.2, 0.25) is 5.02 Å². The largest absolute Gasteiger partial charge is 0.472 e. The number of nitrogens with one attached hydrogen (secondary N) is 1. The number of carbonyl (C=O) groups excluding carboxylic acids is 1. The Labute approximate surface area is 197 Å². The number of nitrogens with zero attached hydrogens (tertiary/aromatic N) is 3. The van der Waals surface area contributed by atoms with Crippen LogP contribution < -0.4 is 15.0 Å². The molecule has 9 heteroatoms. The summed E-state index contributed by atoms with van der Waals surface area (Å²) in [5.41, 5.74) is 1.76. The number of aliphatic hydroxyl groups is 2. The van der Waals surface area contributed by atoms with Gasteiger partial charge in [0.15, 0.2) is 0 Å². The molecule has 33 heavy (non-hydrogen) atoms. The normalized spacial score (nSPS) is 26.1. The first-order chi connectivity index (χ1) is 16.0. The summed E-state index contributed by atoms with van der Waals surface area (Å²) in [5, 5.41) is 22.6. The Kier molecular flexibility index (Phi) is 6.40. The zero-order valence-corrected chi connectivity index (χ0v) is 19.2. The molecule has 176 valence electrons. The first-order valence-corrected chi connectivity index (χ1v) is 12.0. The van der Waals surface area contributed by atoms with Gasteiger partial charge in [-0.1, -0.05) is 23.7 Å². The molecule has 1 aromatic carbocycles. The van der Waals surface area contributed by atoms with Crippen molar-refractivity contribution in [3.63, 3.8) is 0 Å². The number of piperidine rings is 1. The van der Waals surface area contributed by atoms with Crippen LogP contribution in [-0.4, -0.2) is 51.3 Å². The van der Waals surface area contributed by atoms with Crippen molar-refractivity contribution in [2.45, 2.75) is 57.5 Å². The monoisotopic (exact) mass is 472 g/mol. The van der Waals surface area contributed by atoms with E-state index in [2.05, 4.69) is 20.2 Å². The second-order valence-corrected chi connectivity index (χ2v) is 9.81. The summed E-state index contributed by atoms with van der Waals surface area (Å²) >= 11 is 6.21. The number of anilines is 1. The second-order valence-electron chi connectivity index (χ2n) is 9.40. The third kappa shape index (κ3) is 5.08. The SMILES string of the molecule is O=C(N[C@H]1CC[C@H](O)CC1)c1cnc(N2CC3CC3C2)nc1OCc1ccc(CO)c(Cl)c1. The molecule has 1 saturated heterocycles. The summed E-state index contributed by atoms with van der Waals surface area (Å²) in [7, 11) is 0. The summed E-state index contributed by atoms with van der Waals surface area (Å²) in [6.45, 7) is 1.94. The standard InChI is InChI=1S/C24H29ClN4O4/c25-21-7-14(1-2-15(21)12-30)13-33-23-20(22(32)27-18-3-5-19(31)6-4-18)9-26-24(28-23)29-10-16-8-17(16)11-29/h1-2,7,9,16-19,30-31H,3-6,8,10-13H2,(H,27,32)/t16?,17?,18-,19-. The minimum Gasteiger partial charge on any atom is -0.472 e. The van der Waals surface area contributed by atoms with Gasteiger partial charge < -0.3 is 25.2 Å². The van der Waals surface area contributed by atoms with Gasteiger partial charge in [-0.25, -0.2) is 4.98 Å². The van der Waals surface area contributed by atoms with E-state index in [1.54, 1.807) is 18.3 Å². The van der Waals surface area contributed by atoms with E-state index in [1.807, 2.05) is 6.07 Å². The maximum Gasteiger partial charge on any atom is 0.258 e. The van der Waals surface area contributed by atoms with Crippen molar-refractivity contribution in [3.8, 4) is 5.88 Å². The quantitative estimate of drug-likeness (QED) is 0.568. The van der Waals surface area contributed by atoms with Crippen LogP contribution in [0.5, 0.6) is 5.88 Å². The molecule has 1 aliphatic heterocycles. The van der Waals surface area contributed by atoms with Gasteiger partial charge in [-0.05, 0) is 61.1 Å². The third-order valence-corrected chi connectivity index (χ3v) is 7.29. The lowest BCUT2D eigenvalue weighted by molar-refractivity contribution is 0.0862. The van der Waals surface area contributed by atoms with Gasteiger partial charge in [0, 0.05) is 30.4 Å². The number of benzene rings is 1. The number of hydrogen-bond donors (Lipinski definition) is 3. The molecule has 0 radical (unpaired) electrons. The van der Waals surface area contributed by atoms with Crippen molar-refractivity contribution in [2.24, 2.45) is 11.8 Å². The van der Waals surface area contributed by atoms with Crippen molar-refractivity contribution >= 4 is 23.5 Å². The van der Waals surface area contributed by atoms with E-state index in [0.29, 0.717) is 34.9 Å². The van der Waals surface area contributed by atoms with Crippen molar-refractivity contribution in [1.82, 2.24) is 15.3 Å². The summed E-state index contributed by atoms with van der Waals surface area (Å²) in [4.78, 5) is 24.3. The average Bonchev–Trinajstić information content (AvgIpc) is 3.43. The van der Waals surface area contributed by atoms with E-state index in [-0.39, 0.29) is 37.1 Å². The first kappa shape index (κ1) is 22.4. The Hall–Kier alpha value is -2.42. The number of aliphatic hydroxyl groups excluding tert-OH is 2. The predicted octanol–water partition coefficient (Wildman–Crippen LogP) is 2.69. The number of aromatic nitrogens is 2. The zero-order chi connectivity index (χ0) is 22.9. The van der Waals surface area contributed by atoms with E-state index in [9.17, 15) is 15.0 Å². The molecule has 5 rings (SSSR count). The number of ether oxygens (including phenoxy) is 1. The van der Waals surface area contributed by atoms with Crippen LogP contribution >= 0.6 is 11.6 Å². The molecule has 3 N–H and O–H groups in total. The lowest BCUT2D eigenvalue weighted by Crippen LogP contribution is -2.39. The molecule has 2 aromatic rings. The zero-order valence-electron chi connectivity index (χ0n) is 18.4. The fraction of sp³-hybridized carbons (Fsp3) is 0.542. The highest BCUT2D eigenvalue weighted by Crippen LogP contribution is 2.45. The highest BCUT2D eigenvalue weighted by molar-refractivity contribution is 6.31. The number of halogens is 1. The van der Waals surface area contributed by atoms with Gasteiger partial charge >= 0.3 is 0 Å². The van der Waals surface area contributed by atoms with Crippen molar-refractivity contribution in [1.29, 1.82) is 0 Å². The molecule has 8 nitrogen and oxygen atoms in total. The molecule has 3 aliphatic rings. The summed E-state index contributed by atoms with van der Waals surface area (Å²) in [5.74, 6) is 2.03. The number of fused-ring (bicyclic) bond motifs is 1. The smallest absolute Gasteiger partial charge is 0.258 e. The minimum atomic E-state index is -0.282. The van der Waals surface area contributed by atoms with Crippen LogP contribution in [-0.2, 0) is 13.2 Å². The molecule has 2 heterocycles. The lowest BCUT2D eigenvalue weighted by Gasteiger charge is -2.26. The van der Waals surface area contributed by atoms with E-state index in [1.165, 1.54) is 6.42 Å². The number of amides is 1.